The van der Waals surface area contributed by atoms with Crippen LogP contribution in [0.25, 0.3) is 0 Å². The number of piperazine rings is 1. The number of nitrogens with zero attached hydrogens (tertiary/aromatic N) is 2. The summed E-state index contributed by atoms with van der Waals surface area (Å²) < 4.78 is 5.43. The molecule has 7 nitrogen and oxygen atoms in total. The quantitative estimate of drug-likeness (QED) is 0.713. The van der Waals surface area contributed by atoms with Crippen LogP contribution in [0, 0.1) is 0 Å². The van der Waals surface area contributed by atoms with Crippen LogP contribution in [0.3, 0.4) is 0 Å². The molecule has 2 aromatic rings. The number of hydrogen-bond acceptors (Lipinski definition) is 4. The smallest absolute Gasteiger partial charge is 0.260 e. The van der Waals surface area contributed by atoms with Gasteiger partial charge in [0.05, 0.1) is 0 Å². The highest BCUT2D eigenvalue weighted by Crippen LogP contribution is 2.39. The monoisotopic (exact) mass is 409 g/mol. The number of carbonyl (C=O) groups excluding carboxylic acids is 3. The average molecular weight is 409 g/mol. The van der Waals surface area contributed by atoms with Crippen molar-refractivity contribution < 1.29 is 19.1 Å². The van der Waals surface area contributed by atoms with Crippen molar-refractivity contribution in [1.29, 1.82) is 0 Å². The minimum Gasteiger partial charge on any atom is -0.484 e. The van der Waals surface area contributed by atoms with Crippen molar-refractivity contribution in [3.05, 3.63) is 60.2 Å². The summed E-state index contributed by atoms with van der Waals surface area (Å²) in [6.07, 6.45) is 4.19. The van der Waals surface area contributed by atoms with Crippen molar-refractivity contribution in [2.75, 3.05) is 38.1 Å². The molecular formula is C23H27N3O4. The van der Waals surface area contributed by atoms with Crippen LogP contribution in [-0.2, 0) is 14.4 Å². The molecule has 2 aliphatic rings. The molecule has 7 heteroatoms. The summed E-state index contributed by atoms with van der Waals surface area (Å²) in [7, 11) is 0. The molecule has 1 aliphatic carbocycles. The fourth-order valence-electron chi connectivity index (χ4n) is 3.20. The molecule has 0 aromatic heterocycles. The standard InChI is InChI=1S/C14H17N3O4.C9H10/c18-10-15-12-2-1-3-13(8-12)21-9-14(20)17-6-4-16(11-19)5-7-17;1-2-4-8(5-3-1)9-6-7-9/h1-3,8,10-11H,4-7,9H2,(H,15,18);1-5,9H,6-7H2. The Balaban J connectivity index is 0.000000234. The van der Waals surface area contributed by atoms with E-state index in [1.807, 2.05) is 0 Å². The Bertz CT molecular complexity index is 831. The van der Waals surface area contributed by atoms with Crippen LogP contribution in [0.4, 0.5) is 5.69 Å². The second kappa shape index (κ2) is 11.0. The maximum atomic E-state index is 12.0. The van der Waals surface area contributed by atoms with E-state index >= 15 is 0 Å². The molecular weight excluding hydrogens is 382 g/mol. The number of amides is 3. The number of benzene rings is 2. The third kappa shape index (κ3) is 6.62. The molecule has 1 N–H and O–H groups in total. The van der Waals surface area contributed by atoms with Crippen LogP contribution >= 0.6 is 0 Å². The predicted octanol–water partition coefficient (Wildman–Crippen LogP) is 2.50. The van der Waals surface area contributed by atoms with Gasteiger partial charge in [0.25, 0.3) is 5.91 Å². The highest BCUT2D eigenvalue weighted by atomic mass is 16.5. The van der Waals surface area contributed by atoms with Gasteiger partial charge >= 0.3 is 0 Å². The number of rotatable bonds is 7. The largest absolute Gasteiger partial charge is 0.484 e. The molecule has 4 rings (SSSR count). The van der Waals surface area contributed by atoms with Gasteiger partial charge in [-0.05, 0) is 36.5 Å². The van der Waals surface area contributed by atoms with Crippen LogP contribution in [0.15, 0.2) is 54.6 Å². The first-order valence-corrected chi connectivity index (χ1v) is 10.1. The Morgan fingerprint density at radius 2 is 1.73 bits per heavy atom. The fraction of sp³-hybridized carbons (Fsp3) is 0.348. The lowest BCUT2D eigenvalue weighted by molar-refractivity contribution is -0.137. The molecule has 1 saturated heterocycles. The van der Waals surface area contributed by atoms with Gasteiger partial charge in [-0.15, -0.1) is 0 Å². The predicted molar refractivity (Wildman–Crippen MR) is 114 cm³/mol. The number of hydrogen-bond donors (Lipinski definition) is 1. The van der Waals surface area contributed by atoms with Crippen LogP contribution in [0.5, 0.6) is 5.75 Å². The van der Waals surface area contributed by atoms with E-state index in [4.69, 9.17) is 4.74 Å². The lowest BCUT2D eigenvalue weighted by atomic mass is 10.1. The lowest BCUT2D eigenvalue weighted by Crippen LogP contribution is -2.49. The molecule has 0 bridgehead atoms. The van der Waals surface area contributed by atoms with Crippen molar-refractivity contribution in [2.45, 2.75) is 18.8 Å². The third-order valence-electron chi connectivity index (χ3n) is 5.09. The van der Waals surface area contributed by atoms with Crippen LogP contribution in [-0.4, -0.2) is 61.3 Å². The molecule has 0 unspecified atom stereocenters. The van der Waals surface area contributed by atoms with Crippen molar-refractivity contribution in [2.24, 2.45) is 0 Å². The molecule has 3 amide bonds. The maximum absolute atomic E-state index is 12.0. The number of ether oxygens (including phenoxy) is 1. The van der Waals surface area contributed by atoms with E-state index in [0.717, 1.165) is 12.3 Å². The summed E-state index contributed by atoms with van der Waals surface area (Å²) in [6, 6.07) is 17.6. The van der Waals surface area contributed by atoms with Crippen LogP contribution in [0.2, 0.25) is 0 Å². The van der Waals surface area contributed by atoms with E-state index in [2.05, 4.69) is 35.6 Å². The summed E-state index contributed by atoms with van der Waals surface area (Å²) >= 11 is 0. The first-order valence-electron chi connectivity index (χ1n) is 10.1. The van der Waals surface area contributed by atoms with Gasteiger partial charge < -0.3 is 19.9 Å². The molecule has 0 spiro atoms. The van der Waals surface area contributed by atoms with Gasteiger partial charge in [-0.25, -0.2) is 0 Å². The average Bonchev–Trinajstić information content (AvgIpc) is 3.65. The van der Waals surface area contributed by atoms with Gasteiger partial charge in [0.2, 0.25) is 12.8 Å². The van der Waals surface area contributed by atoms with Gasteiger partial charge in [0, 0.05) is 37.9 Å². The lowest BCUT2D eigenvalue weighted by Gasteiger charge is -2.32. The number of anilines is 1. The second-order valence-corrected chi connectivity index (χ2v) is 7.29. The zero-order chi connectivity index (χ0) is 21.2. The number of nitrogens with one attached hydrogen (secondary N) is 1. The zero-order valence-corrected chi connectivity index (χ0v) is 16.9. The fourth-order valence-corrected chi connectivity index (χ4v) is 3.20. The molecule has 1 aliphatic heterocycles. The van der Waals surface area contributed by atoms with Gasteiger partial charge in [0.1, 0.15) is 5.75 Å². The maximum Gasteiger partial charge on any atom is 0.260 e. The number of carbonyl (C=O) groups is 3. The zero-order valence-electron chi connectivity index (χ0n) is 16.9. The molecule has 2 aromatic carbocycles. The molecule has 1 heterocycles. The van der Waals surface area contributed by atoms with Crippen LogP contribution < -0.4 is 10.1 Å². The first-order chi connectivity index (χ1) is 14.7. The minimum atomic E-state index is -0.116. The van der Waals surface area contributed by atoms with Crippen molar-refractivity contribution in [3.8, 4) is 5.75 Å². The van der Waals surface area contributed by atoms with E-state index in [-0.39, 0.29) is 12.5 Å². The van der Waals surface area contributed by atoms with Crippen molar-refractivity contribution in [3.63, 3.8) is 0 Å². The normalized spacial score (nSPS) is 15.5. The van der Waals surface area contributed by atoms with Gasteiger partial charge in [0.15, 0.2) is 6.61 Å². The Hall–Kier alpha value is -3.35. The Morgan fingerprint density at radius 3 is 2.37 bits per heavy atom. The molecule has 0 radical (unpaired) electrons. The van der Waals surface area contributed by atoms with E-state index in [1.54, 1.807) is 34.1 Å². The molecule has 0 atom stereocenters. The van der Waals surface area contributed by atoms with E-state index in [0.29, 0.717) is 44.0 Å². The topological polar surface area (TPSA) is 79.0 Å². The van der Waals surface area contributed by atoms with Gasteiger partial charge in [-0.1, -0.05) is 36.4 Å². The summed E-state index contributed by atoms with van der Waals surface area (Å²) in [6.45, 7) is 2.08. The summed E-state index contributed by atoms with van der Waals surface area (Å²) in [5, 5.41) is 2.52. The highest BCUT2D eigenvalue weighted by molar-refractivity contribution is 5.78. The summed E-state index contributed by atoms with van der Waals surface area (Å²) in [5.41, 5.74) is 2.13. The molecule has 2 fully saturated rings. The van der Waals surface area contributed by atoms with Gasteiger partial charge in [-0.2, -0.15) is 0 Å². The van der Waals surface area contributed by atoms with E-state index in [9.17, 15) is 14.4 Å². The Kier molecular flexibility index (Phi) is 7.83. The third-order valence-corrected chi connectivity index (χ3v) is 5.09. The second-order valence-electron chi connectivity index (χ2n) is 7.29. The Labute approximate surface area is 176 Å². The molecule has 158 valence electrons. The molecule has 1 saturated carbocycles. The summed E-state index contributed by atoms with van der Waals surface area (Å²) in [4.78, 5) is 36.3. The van der Waals surface area contributed by atoms with Gasteiger partial charge in [-0.3, -0.25) is 14.4 Å². The van der Waals surface area contributed by atoms with E-state index < -0.39 is 0 Å². The molecule has 30 heavy (non-hydrogen) atoms. The highest BCUT2D eigenvalue weighted by Gasteiger charge is 2.22. The minimum absolute atomic E-state index is 0.0639. The van der Waals surface area contributed by atoms with Crippen molar-refractivity contribution in [1.82, 2.24) is 9.80 Å². The summed E-state index contributed by atoms with van der Waals surface area (Å²) in [5.74, 6) is 1.31. The van der Waals surface area contributed by atoms with Crippen LogP contribution in [0.1, 0.15) is 24.3 Å². The van der Waals surface area contributed by atoms with Crippen molar-refractivity contribution >= 4 is 24.4 Å². The first kappa shape index (κ1) is 21.4. The SMILES string of the molecule is O=CNc1cccc(OCC(=O)N2CCN(C=O)CC2)c1.c1ccc(C2CC2)cc1. The Morgan fingerprint density at radius 1 is 1.00 bits per heavy atom. The van der Waals surface area contributed by atoms with E-state index in [1.165, 1.54) is 18.4 Å².